The number of nitrogens with one attached hydrogen (secondary N) is 1. The highest BCUT2D eigenvalue weighted by atomic mass is 32.1. The third-order valence-corrected chi connectivity index (χ3v) is 4.48. The summed E-state index contributed by atoms with van der Waals surface area (Å²) in [6.07, 6.45) is 2.05. The molecule has 2 aromatic heterocycles. The number of fused-ring (bicyclic) bond motifs is 1. The van der Waals surface area contributed by atoms with Crippen molar-refractivity contribution in [2.24, 2.45) is 0 Å². The van der Waals surface area contributed by atoms with Crippen molar-refractivity contribution >= 4 is 23.2 Å². The molecule has 21 heavy (non-hydrogen) atoms. The number of thiophene rings is 1. The zero-order valence-corrected chi connectivity index (χ0v) is 12.5. The van der Waals surface area contributed by atoms with Crippen molar-refractivity contribution < 1.29 is 9.59 Å². The monoisotopic (exact) mass is 304 g/mol. The Morgan fingerprint density at radius 3 is 3.05 bits per heavy atom. The number of hydrogen-bond acceptors (Lipinski definition) is 4. The third kappa shape index (κ3) is 2.69. The van der Waals surface area contributed by atoms with E-state index in [1.807, 2.05) is 23.6 Å². The highest BCUT2D eigenvalue weighted by Crippen LogP contribution is 2.22. The van der Waals surface area contributed by atoms with Crippen LogP contribution in [0.15, 0.2) is 29.8 Å². The van der Waals surface area contributed by atoms with Gasteiger partial charge in [0.25, 0.3) is 0 Å². The molecule has 1 N–H and O–H groups in total. The maximum Gasteiger partial charge on any atom is 0.246 e. The van der Waals surface area contributed by atoms with Crippen molar-refractivity contribution in [3.05, 3.63) is 40.3 Å². The van der Waals surface area contributed by atoms with Gasteiger partial charge in [-0.2, -0.15) is 5.10 Å². The molecule has 1 aliphatic heterocycles. The first-order valence-electron chi connectivity index (χ1n) is 6.73. The molecule has 1 aliphatic rings. The molecule has 0 saturated heterocycles. The average molecular weight is 304 g/mol. The van der Waals surface area contributed by atoms with E-state index in [9.17, 15) is 9.59 Å². The summed E-state index contributed by atoms with van der Waals surface area (Å²) in [6.45, 7) is 0.857. The van der Waals surface area contributed by atoms with Gasteiger partial charge >= 0.3 is 0 Å². The normalized spacial score (nSPS) is 17.4. The maximum absolute atomic E-state index is 12.4. The smallest absolute Gasteiger partial charge is 0.246 e. The van der Waals surface area contributed by atoms with E-state index in [0.29, 0.717) is 19.5 Å². The molecule has 0 saturated carbocycles. The number of carbonyl (C=O) groups excluding carboxylic acids is 2. The van der Waals surface area contributed by atoms with Gasteiger partial charge in [0, 0.05) is 18.1 Å². The van der Waals surface area contributed by atoms with Crippen LogP contribution in [0.5, 0.6) is 0 Å². The first-order chi connectivity index (χ1) is 10.2. The van der Waals surface area contributed by atoms with Gasteiger partial charge in [-0.3, -0.25) is 14.3 Å². The lowest BCUT2D eigenvalue weighted by Gasteiger charge is -2.33. The largest absolute Gasteiger partial charge is 0.357 e. The summed E-state index contributed by atoms with van der Waals surface area (Å²) in [5.41, 5.74) is 0.884. The minimum absolute atomic E-state index is 0.0406. The van der Waals surface area contributed by atoms with Crippen LogP contribution in [0.1, 0.15) is 16.6 Å². The molecule has 1 unspecified atom stereocenters. The lowest BCUT2D eigenvalue weighted by atomic mass is 10.1. The van der Waals surface area contributed by atoms with E-state index in [-0.39, 0.29) is 11.8 Å². The maximum atomic E-state index is 12.4. The number of likely N-dealkylation sites (N-methyl/N-ethyl adjacent to an activating group) is 1. The second-order valence-electron chi connectivity index (χ2n) is 4.93. The Balaban J connectivity index is 1.79. The second kappa shape index (κ2) is 5.69. The van der Waals surface area contributed by atoms with Crippen LogP contribution in [0.25, 0.3) is 0 Å². The molecule has 3 heterocycles. The van der Waals surface area contributed by atoms with Crippen molar-refractivity contribution in [3.8, 4) is 0 Å². The zero-order valence-electron chi connectivity index (χ0n) is 11.7. The van der Waals surface area contributed by atoms with E-state index < -0.39 is 6.04 Å². The first-order valence-corrected chi connectivity index (χ1v) is 7.61. The molecule has 0 spiro atoms. The standard InChI is InChI=1S/C14H16N4O2S/c1-15-14(20)12-9-17(8-10-4-5-16-18(10)12)13(19)7-11-3-2-6-21-11/h2-6,12H,7-9H2,1H3,(H,15,20). The molecule has 0 radical (unpaired) electrons. The molecule has 3 rings (SSSR count). The summed E-state index contributed by atoms with van der Waals surface area (Å²) in [6, 6.07) is 5.28. The summed E-state index contributed by atoms with van der Waals surface area (Å²) >= 11 is 1.57. The second-order valence-corrected chi connectivity index (χ2v) is 5.96. The van der Waals surface area contributed by atoms with Crippen molar-refractivity contribution in [2.45, 2.75) is 19.0 Å². The molecule has 7 heteroatoms. The summed E-state index contributed by atoms with van der Waals surface area (Å²) in [5, 5.41) is 8.79. The Morgan fingerprint density at radius 1 is 1.48 bits per heavy atom. The highest BCUT2D eigenvalue weighted by Gasteiger charge is 2.32. The highest BCUT2D eigenvalue weighted by molar-refractivity contribution is 7.10. The Labute approximate surface area is 126 Å². The van der Waals surface area contributed by atoms with Crippen LogP contribution in [-0.4, -0.2) is 40.1 Å². The van der Waals surface area contributed by atoms with Gasteiger partial charge in [-0.1, -0.05) is 6.07 Å². The Morgan fingerprint density at radius 2 is 2.33 bits per heavy atom. The van der Waals surface area contributed by atoms with Crippen LogP contribution in [0.3, 0.4) is 0 Å². The van der Waals surface area contributed by atoms with Crippen molar-refractivity contribution in [3.63, 3.8) is 0 Å². The number of hydrogen-bond donors (Lipinski definition) is 1. The Kier molecular flexibility index (Phi) is 3.74. The van der Waals surface area contributed by atoms with E-state index in [2.05, 4.69) is 10.4 Å². The van der Waals surface area contributed by atoms with Gasteiger partial charge in [-0.25, -0.2) is 0 Å². The fraction of sp³-hybridized carbons (Fsp3) is 0.357. The number of rotatable bonds is 3. The molecular formula is C14H16N4O2S. The number of nitrogens with zero attached hydrogens (tertiary/aromatic N) is 3. The van der Waals surface area contributed by atoms with Crippen LogP contribution in [0, 0.1) is 0 Å². The van der Waals surface area contributed by atoms with Gasteiger partial charge in [0.05, 0.1) is 25.2 Å². The minimum Gasteiger partial charge on any atom is -0.357 e. The quantitative estimate of drug-likeness (QED) is 0.913. The van der Waals surface area contributed by atoms with Crippen molar-refractivity contribution in [1.29, 1.82) is 0 Å². The summed E-state index contributed by atoms with van der Waals surface area (Å²) in [5.74, 6) is -0.0904. The van der Waals surface area contributed by atoms with Crippen LogP contribution >= 0.6 is 11.3 Å². The SMILES string of the molecule is CNC(=O)C1CN(C(=O)Cc2cccs2)Cc2ccnn21. The average Bonchev–Trinajstić information content (AvgIpc) is 3.15. The molecule has 0 bridgehead atoms. The molecule has 0 aliphatic carbocycles. The third-order valence-electron chi connectivity index (χ3n) is 3.60. The summed E-state index contributed by atoms with van der Waals surface area (Å²) in [4.78, 5) is 27.2. The van der Waals surface area contributed by atoms with Crippen molar-refractivity contribution in [2.75, 3.05) is 13.6 Å². The van der Waals surface area contributed by atoms with Gasteiger partial charge in [0.15, 0.2) is 0 Å². The predicted molar refractivity (Wildman–Crippen MR) is 78.8 cm³/mol. The van der Waals surface area contributed by atoms with Gasteiger partial charge in [-0.15, -0.1) is 11.3 Å². The fourth-order valence-electron chi connectivity index (χ4n) is 2.52. The van der Waals surface area contributed by atoms with Crippen LogP contribution in [0.4, 0.5) is 0 Å². The topological polar surface area (TPSA) is 67.2 Å². The molecular weight excluding hydrogens is 288 g/mol. The minimum atomic E-state index is -0.457. The van der Waals surface area contributed by atoms with E-state index in [0.717, 1.165) is 10.6 Å². The zero-order chi connectivity index (χ0) is 14.8. The number of carbonyl (C=O) groups is 2. The number of aromatic nitrogens is 2. The fourth-order valence-corrected chi connectivity index (χ4v) is 3.21. The van der Waals surface area contributed by atoms with Crippen molar-refractivity contribution in [1.82, 2.24) is 20.0 Å². The van der Waals surface area contributed by atoms with Crippen LogP contribution in [-0.2, 0) is 22.6 Å². The molecule has 2 amide bonds. The van der Waals surface area contributed by atoms with Gasteiger partial charge < -0.3 is 10.2 Å². The first kappa shape index (κ1) is 13.8. The summed E-state index contributed by atoms with van der Waals surface area (Å²) < 4.78 is 1.70. The van der Waals surface area contributed by atoms with Crippen LogP contribution in [0.2, 0.25) is 0 Å². The predicted octanol–water partition coefficient (Wildman–Crippen LogP) is 0.817. The summed E-state index contributed by atoms with van der Waals surface area (Å²) in [7, 11) is 1.60. The molecule has 0 fully saturated rings. The molecule has 0 aromatic carbocycles. The van der Waals surface area contributed by atoms with Gasteiger partial charge in [-0.05, 0) is 17.5 Å². The van der Waals surface area contributed by atoms with E-state index in [1.54, 1.807) is 34.2 Å². The lowest BCUT2D eigenvalue weighted by molar-refractivity contribution is -0.134. The molecule has 6 nitrogen and oxygen atoms in total. The van der Waals surface area contributed by atoms with E-state index in [1.165, 1.54) is 0 Å². The van der Waals surface area contributed by atoms with E-state index in [4.69, 9.17) is 0 Å². The Hall–Kier alpha value is -2.15. The molecule has 1 atom stereocenters. The lowest BCUT2D eigenvalue weighted by Crippen LogP contribution is -2.46. The van der Waals surface area contributed by atoms with Gasteiger partial charge in [0.2, 0.25) is 11.8 Å². The molecule has 2 aromatic rings. The number of amides is 2. The molecule has 110 valence electrons. The van der Waals surface area contributed by atoms with Crippen LogP contribution < -0.4 is 5.32 Å². The Bertz CT molecular complexity index is 650. The van der Waals surface area contributed by atoms with Gasteiger partial charge in [0.1, 0.15) is 6.04 Å². The van der Waals surface area contributed by atoms with E-state index >= 15 is 0 Å².